The molecule has 0 bridgehead atoms. The lowest BCUT2D eigenvalue weighted by molar-refractivity contribution is -0.115. The van der Waals surface area contributed by atoms with Gasteiger partial charge in [-0.1, -0.05) is 37.8 Å². The number of carbonyl (C=O) groups is 1. The van der Waals surface area contributed by atoms with Crippen LogP contribution in [0, 0.1) is 5.92 Å². The molecule has 2 unspecified atom stereocenters. The summed E-state index contributed by atoms with van der Waals surface area (Å²) in [4.78, 5) is 11.9. The average molecular weight is 295 g/mol. The fourth-order valence-corrected chi connectivity index (χ4v) is 2.95. The van der Waals surface area contributed by atoms with Crippen molar-refractivity contribution < 1.29 is 4.79 Å². The zero-order valence-corrected chi connectivity index (χ0v) is 12.7. The van der Waals surface area contributed by atoms with E-state index in [-0.39, 0.29) is 5.91 Å². The van der Waals surface area contributed by atoms with Crippen LogP contribution in [-0.4, -0.2) is 18.5 Å². The summed E-state index contributed by atoms with van der Waals surface area (Å²) in [6.07, 6.45) is 6.24. The summed E-state index contributed by atoms with van der Waals surface area (Å²) in [5.41, 5.74) is 0.788. The summed E-state index contributed by atoms with van der Waals surface area (Å²) < 4.78 is 0. The molecule has 0 radical (unpaired) electrons. The van der Waals surface area contributed by atoms with E-state index in [0.717, 1.165) is 11.6 Å². The van der Waals surface area contributed by atoms with Gasteiger partial charge in [0.2, 0.25) is 5.91 Å². The molecule has 2 rings (SSSR count). The van der Waals surface area contributed by atoms with Gasteiger partial charge in [-0.2, -0.15) is 0 Å². The molecule has 0 aliphatic heterocycles. The fourth-order valence-electron chi connectivity index (χ4n) is 2.82. The minimum atomic E-state index is 0.00550. The molecular formula is C16H23ClN2O. The molecular weight excluding hydrogens is 272 g/mol. The largest absolute Gasteiger partial charge is 0.325 e. The number of nitrogens with one attached hydrogen (secondary N) is 2. The topological polar surface area (TPSA) is 41.1 Å². The lowest BCUT2D eigenvalue weighted by Crippen LogP contribution is -2.39. The smallest absolute Gasteiger partial charge is 0.238 e. The summed E-state index contributed by atoms with van der Waals surface area (Å²) in [6, 6.07) is 7.67. The summed E-state index contributed by atoms with van der Waals surface area (Å²) >= 11 is 5.81. The maximum absolute atomic E-state index is 11.9. The lowest BCUT2D eigenvalue weighted by Gasteiger charge is -2.29. The molecule has 0 spiro atoms. The van der Waals surface area contributed by atoms with Crippen molar-refractivity contribution in [2.24, 2.45) is 5.92 Å². The lowest BCUT2D eigenvalue weighted by atomic mass is 9.84. The Morgan fingerprint density at radius 3 is 2.75 bits per heavy atom. The molecule has 0 saturated heterocycles. The van der Waals surface area contributed by atoms with E-state index < -0.39 is 0 Å². The highest BCUT2D eigenvalue weighted by Crippen LogP contribution is 2.26. The molecule has 1 saturated carbocycles. The number of amides is 1. The third kappa shape index (κ3) is 4.80. The molecule has 1 fully saturated rings. The molecule has 20 heavy (non-hydrogen) atoms. The fraction of sp³-hybridized carbons (Fsp3) is 0.562. The highest BCUT2D eigenvalue weighted by atomic mass is 35.5. The van der Waals surface area contributed by atoms with Crippen LogP contribution >= 0.6 is 11.6 Å². The van der Waals surface area contributed by atoms with Crippen LogP contribution in [0.3, 0.4) is 0 Å². The van der Waals surface area contributed by atoms with Crippen molar-refractivity contribution in [2.75, 3.05) is 11.9 Å². The van der Waals surface area contributed by atoms with E-state index in [9.17, 15) is 4.79 Å². The second-order valence-electron chi connectivity index (χ2n) is 5.57. The highest BCUT2D eigenvalue weighted by Gasteiger charge is 2.20. The van der Waals surface area contributed by atoms with E-state index in [1.54, 1.807) is 12.1 Å². The van der Waals surface area contributed by atoms with Gasteiger partial charge in [-0.05, 0) is 43.0 Å². The summed E-state index contributed by atoms with van der Waals surface area (Å²) in [5, 5.41) is 6.93. The third-order valence-corrected chi connectivity index (χ3v) is 4.29. The van der Waals surface area contributed by atoms with Crippen molar-refractivity contribution >= 4 is 23.2 Å². The van der Waals surface area contributed by atoms with Gasteiger partial charge in [0.15, 0.2) is 0 Å². The van der Waals surface area contributed by atoms with Crippen LogP contribution in [0.15, 0.2) is 24.3 Å². The normalized spacial score (nSPS) is 22.5. The third-order valence-electron chi connectivity index (χ3n) is 4.04. The summed E-state index contributed by atoms with van der Waals surface area (Å²) in [7, 11) is 0. The minimum absolute atomic E-state index is 0.00550. The minimum Gasteiger partial charge on any atom is -0.325 e. The zero-order valence-electron chi connectivity index (χ0n) is 12.0. The van der Waals surface area contributed by atoms with E-state index in [1.165, 1.54) is 32.1 Å². The standard InChI is InChI=1S/C16H23ClN2O/c1-2-12-4-3-5-15(10-12)18-11-16(20)19-14-8-6-13(17)7-9-14/h6-9,12,15,18H,2-5,10-11H2,1H3,(H,19,20). The first-order valence-electron chi connectivity index (χ1n) is 7.46. The van der Waals surface area contributed by atoms with Gasteiger partial charge in [0, 0.05) is 16.8 Å². The van der Waals surface area contributed by atoms with E-state index in [2.05, 4.69) is 17.6 Å². The molecule has 0 aromatic heterocycles. The van der Waals surface area contributed by atoms with Gasteiger partial charge in [0.1, 0.15) is 0 Å². The Balaban J connectivity index is 1.73. The average Bonchev–Trinajstić information content (AvgIpc) is 2.48. The number of benzene rings is 1. The number of anilines is 1. The second-order valence-corrected chi connectivity index (χ2v) is 6.01. The van der Waals surface area contributed by atoms with Crippen LogP contribution in [0.5, 0.6) is 0 Å². The Kier molecular flexibility index (Phi) is 5.86. The predicted octanol–water partition coefficient (Wildman–Crippen LogP) is 3.84. The van der Waals surface area contributed by atoms with Crippen molar-refractivity contribution in [3.8, 4) is 0 Å². The van der Waals surface area contributed by atoms with Crippen molar-refractivity contribution in [3.05, 3.63) is 29.3 Å². The molecule has 1 aromatic rings. The maximum atomic E-state index is 11.9. The summed E-state index contributed by atoms with van der Waals surface area (Å²) in [6.45, 7) is 2.63. The Labute approximate surface area is 126 Å². The predicted molar refractivity (Wildman–Crippen MR) is 84.1 cm³/mol. The van der Waals surface area contributed by atoms with Crippen molar-refractivity contribution in [1.29, 1.82) is 0 Å². The monoisotopic (exact) mass is 294 g/mol. The summed E-state index contributed by atoms with van der Waals surface area (Å²) in [5.74, 6) is 0.825. The van der Waals surface area contributed by atoms with Gasteiger partial charge in [0.05, 0.1) is 6.54 Å². The molecule has 1 amide bonds. The Hall–Kier alpha value is -1.06. The van der Waals surface area contributed by atoms with E-state index in [4.69, 9.17) is 11.6 Å². The van der Waals surface area contributed by atoms with E-state index in [1.807, 2.05) is 12.1 Å². The van der Waals surface area contributed by atoms with Crippen LogP contribution in [-0.2, 0) is 4.79 Å². The van der Waals surface area contributed by atoms with E-state index in [0.29, 0.717) is 17.6 Å². The number of carbonyl (C=O) groups excluding carboxylic acids is 1. The number of halogens is 1. The van der Waals surface area contributed by atoms with Crippen molar-refractivity contribution in [1.82, 2.24) is 5.32 Å². The molecule has 4 heteroatoms. The van der Waals surface area contributed by atoms with Crippen LogP contribution in [0.2, 0.25) is 5.02 Å². The molecule has 1 aromatic carbocycles. The molecule has 3 nitrogen and oxygen atoms in total. The van der Waals surface area contributed by atoms with Crippen molar-refractivity contribution in [3.63, 3.8) is 0 Å². The molecule has 1 aliphatic rings. The van der Waals surface area contributed by atoms with Gasteiger partial charge in [0.25, 0.3) is 0 Å². The van der Waals surface area contributed by atoms with Gasteiger partial charge in [-0.3, -0.25) is 4.79 Å². The molecule has 2 atom stereocenters. The maximum Gasteiger partial charge on any atom is 0.238 e. The number of hydrogen-bond donors (Lipinski definition) is 2. The SMILES string of the molecule is CCC1CCCC(NCC(=O)Nc2ccc(Cl)cc2)C1. The van der Waals surface area contributed by atoms with Gasteiger partial charge >= 0.3 is 0 Å². The molecule has 0 heterocycles. The van der Waals surface area contributed by atoms with Gasteiger partial charge < -0.3 is 10.6 Å². The Morgan fingerprint density at radius 1 is 1.30 bits per heavy atom. The Bertz CT molecular complexity index is 433. The van der Waals surface area contributed by atoms with Crippen LogP contribution in [0.1, 0.15) is 39.0 Å². The second kappa shape index (κ2) is 7.65. The van der Waals surface area contributed by atoms with Crippen molar-refractivity contribution in [2.45, 2.75) is 45.1 Å². The first kappa shape index (κ1) is 15.3. The van der Waals surface area contributed by atoms with Gasteiger partial charge in [-0.15, -0.1) is 0 Å². The van der Waals surface area contributed by atoms with Crippen LogP contribution in [0.4, 0.5) is 5.69 Å². The van der Waals surface area contributed by atoms with E-state index >= 15 is 0 Å². The number of hydrogen-bond acceptors (Lipinski definition) is 2. The first-order valence-corrected chi connectivity index (χ1v) is 7.84. The van der Waals surface area contributed by atoms with Gasteiger partial charge in [-0.25, -0.2) is 0 Å². The number of rotatable bonds is 5. The quantitative estimate of drug-likeness (QED) is 0.866. The molecule has 1 aliphatic carbocycles. The Morgan fingerprint density at radius 2 is 2.05 bits per heavy atom. The van der Waals surface area contributed by atoms with Crippen LogP contribution in [0.25, 0.3) is 0 Å². The van der Waals surface area contributed by atoms with Crippen LogP contribution < -0.4 is 10.6 Å². The highest BCUT2D eigenvalue weighted by molar-refractivity contribution is 6.30. The zero-order chi connectivity index (χ0) is 14.4. The molecule has 110 valence electrons. The molecule has 2 N–H and O–H groups in total. The first-order chi connectivity index (χ1) is 9.67.